The number of piperidine rings is 1. The van der Waals surface area contributed by atoms with Crippen molar-refractivity contribution in [2.75, 3.05) is 39.3 Å². The Kier molecular flexibility index (Phi) is 5.84. The van der Waals surface area contributed by atoms with Crippen molar-refractivity contribution in [3.8, 4) is 6.07 Å². The number of rotatable bonds is 3. The minimum absolute atomic E-state index is 0.00115. The van der Waals surface area contributed by atoms with Gasteiger partial charge in [-0.3, -0.25) is 4.79 Å². The molecule has 2 fully saturated rings. The van der Waals surface area contributed by atoms with Crippen LogP contribution in [0.4, 0.5) is 0 Å². The molecule has 2 aliphatic rings. The second-order valence-electron chi connectivity index (χ2n) is 6.65. The van der Waals surface area contributed by atoms with E-state index in [1.807, 2.05) is 4.90 Å². The lowest BCUT2D eigenvalue weighted by Crippen LogP contribution is -2.43. The second kappa shape index (κ2) is 8.27. The number of hydrogen-bond donors (Lipinski definition) is 0. The highest BCUT2D eigenvalue weighted by molar-refractivity contribution is 5.94. The fraction of sp³-hybridized carbons (Fsp3) is 0.579. The Balaban J connectivity index is 1.65. The molecule has 0 radical (unpaired) electrons. The van der Waals surface area contributed by atoms with Crippen LogP contribution in [0, 0.1) is 11.3 Å². The topological polar surface area (TPSA) is 56.6 Å². The van der Waals surface area contributed by atoms with Gasteiger partial charge in [-0.2, -0.15) is 5.26 Å². The molecule has 3 rings (SSSR count). The third-order valence-corrected chi connectivity index (χ3v) is 4.79. The fourth-order valence-electron chi connectivity index (χ4n) is 3.52. The second-order valence-corrected chi connectivity index (χ2v) is 6.65. The molecule has 24 heavy (non-hydrogen) atoms. The van der Waals surface area contributed by atoms with Gasteiger partial charge in [-0.05, 0) is 50.6 Å². The monoisotopic (exact) mass is 327 g/mol. The van der Waals surface area contributed by atoms with Crippen molar-refractivity contribution in [2.45, 2.75) is 31.8 Å². The minimum atomic E-state index is 0.00115. The highest BCUT2D eigenvalue weighted by atomic mass is 16.5. The molecule has 128 valence electrons. The molecule has 1 aromatic rings. The minimum Gasteiger partial charge on any atom is -0.375 e. The molecule has 5 nitrogen and oxygen atoms in total. The fourth-order valence-corrected chi connectivity index (χ4v) is 3.52. The summed E-state index contributed by atoms with van der Waals surface area (Å²) < 4.78 is 5.98. The third kappa shape index (κ3) is 4.34. The molecule has 2 saturated heterocycles. The van der Waals surface area contributed by atoms with Crippen LogP contribution in [0.3, 0.4) is 0 Å². The molecule has 1 atom stereocenters. The predicted molar refractivity (Wildman–Crippen MR) is 91.7 cm³/mol. The lowest BCUT2D eigenvalue weighted by atomic mass is 10.1. The molecule has 2 aliphatic heterocycles. The summed E-state index contributed by atoms with van der Waals surface area (Å²) in [6.45, 7) is 5.23. The Bertz CT molecular complexity index is 605. The van der Waals surface area contributed by atoms with Crippen molar-refractivity contribution < 1.29 is 9.53 Å². The molecule has 0 aromatic heterocycles. The van der Waals surface area contributed by atoms with Gasteiger partial charge in [0.2, 0.25) is 0 Å². The van der Waals surface area contributed by atoms with Crippen LogP contribution < -0.4 is 0 Å². The van der Waals surface area contributed by atoms with Gasteiger partial charge in [0.1, 0.15) is 0 Å². The highest BCUT2D eigenvalue weighted by Gasteiger charge is 2.25. The van der Waals surface area contributed by atoms with Crippen LogP contribution in [0.2, 0.25) is 0 Å². The zero-order valence-corrected chi connectivity index (χ0v) is 14.1. The van der Waals surface area contributed by atoms with Crippen LogP contribution in [0.25, 0.3) is 0 Å². The summed E-state index contributed by atoms with van der Waals surface area (Å²) in [4.78, 5) is 17.1. The molecule has 1 unspecified atom stereocenters. The molecular weight excluding hydrogens is 302 g/mol. The molecule has 0 spiro atoms. The Hall–Kier alpha value is -1.90. The van der Waals surface area contributed by atoms with E-state index in [1.165, 1.54) is 19.3 Å². The maximum Gasteiger partial charge on any atom is 0.253 e. The summed E-state index contributed by atoms with van der Waals surface area (Å²) in [6.07, 6.45) is 4.78. The summed E-state index contributed by atoms with van der Waals surface area (Å²) in [5, 5.41) is 9.02. The van der Waals surface area contributed by atoms with Gasteiger partial charge in [0, 0.05) is 31.8 Å². The van der Waals surface area contributed by atoms with E-state index in [0.717, 1.165) is 26.1 Å². The summed E-state index contributed by atoms with van der Waals surface area (Å²) >= 11 is 0. The van der Waals surface area contributed by atoms with Gasteiger partial charge in [-0.15, -0.1) is 0 Å². The van der Waals surface area contributed by atoms with Crippen LogP contribution in [0.15, 0.2) is 24.3 Å². The van der Waals surface area contributed by atoms with E-state index in [2.05, 4.69) is 11.0 Å². The van der Waals surface area contributed by atoms with E-state index in [1.54, 1.807) is 24.3 Å². The lowest BCUT2D eigenvalue weighted by molar-refractivity contribution is 0.0216. The largest absolute Gasteiger partial charge is 0.375 e. The van der Waals surface area contributed by atoms with Gasteiger partial charge in [-0.1, -0.05) is 12.5 Å². The SMILES string of the molecule is N#Cc1cccc(C(=O)N2CCCOC(CN3CCCCC3)C2)c1. The smallest absolute Gasteiger partial charge is 0.253 e. The van der Waals surface area contributed by atoms with E-state index in [9.17, 15) is 4.79 Å². The highest BCUT2D eigenvalue weighted by Crippen LogP contribution is 2.15. The van der Waals surface area contributed by atoms with E-state index < -0.39 is 0 Å². The van der Waals surface area contributed by atoms with Crippen LogP contribution >= 0.6 is 0 Å². The average molecular weight is 327 g/mol. The number of ether oxygens (including phenoxy) is 1. The zero-order chi connectivity index (χ0) is 16.8. The molecule has 2 heterocycles. The number of benzene rings is 1. The van der Waals surface area contributed by atoms with E-state index in [-0.39, 0.29) is 12.0 Å². The van der Waals surface area contributed by atoms with Gasteiger partial charge < -0.3 is 14.5 Å². The first-order chi connectivity index (χ1) is 11.8. The number of nitrogens with zero attached hydrogens (tertiary/aromatic N) is 3. The molecule has 1 amide bonds. The van der Waals surface area contributed by atoms with Gasteiger partial charge in [0.05, 0.1) is 17.7 Å². The lowest BCUT2D eigenvalue weighted by Gasteiger charge is -2.31. The van der Waals surface area contributed by atoms with Crippen molar-refractivity contribution in [2.24, 2.45) is 0 Å². The van der Waals surface area contributed by atoms with E-state index >= 15 is 0 Å². The number of amides is 1. The van der Waals surface area contributed by atoms with Crippen LogP contribution in [-0.4, -0.2) is 61.1 Å². The van der Waals surface area contributed by atoms with Crippen LogP contribution in [-0.2, 0) is 4.74 Å². The molecule has 0 N–H and O–H groups in total. The predicted octanol–water partition coefficient (Wildman–Crippen LogP) is 2.28. The molecule has 5 heteroatoms. The first kappa shape index (κ1) is 16.9. The summed E-state index contributed by atoms with van der Waals surface area (Å²) in [7, 11) is 0. The first-order valence-corrected chi connectivity index (χ1v) is 8.89. The number of carbonyl (C=O) groups is 1. The standard InChI is InChI=1S/C19H25N3O2/c20-13-16-6-4-7-17(12-16)19(23)22-10-5-11-24-18(15-22)14-21-8-2-1-3-9-21/h4,6-7,12,18H,1-3,5,8-11,14-15H2. The Morgan fingerprint density at radius 1 is 1.21 bits per heavy atom. The number of likely N-dealkylation sites (tertiary alicyclic amines) is 1. The molecule has 0 saturated carbocycles. The number of carbonyl (C=O) groups excluding carboxylic acids is 1. The van der Waals surface area contributed by atoms with Crippen molar-refractivity contribution in [1.29, 1.82) is 5.26 Å². The summed E-state index contributed by atoms with van der Waals surface area (Å²) in [6, 6.07) is 9.05. The molecular formula is C19H25N3O2. The molecule has 0 bridgehead atoms. The van der Waals surface area contributed by atoms with Gasteiger partial charge in [-0.25, -0.2) is 0 Å². The maximum atomic E-state index is 12.8. The zero-order valence-electron chi connectivity index (χ0n) is 14.1. The van der Waals surface area contributed by atoms with Gasteiger partial charge >= 0.3 is 0 Å². The quantitative estimate of drug-likeness (QED) is 0.854. The maximum absolute atomic E-state index is 12.8. The van der Waals surface area contributed by atoms with E-state index in [0.29, 0.717) is 30.8 Å². The van der Waals surface area contributed by atoms with Gasteiger partial charge in [0.25, 0.3) is 5.91 Å². The molecule has 1 aromatic carbocycles. The Labute approximate surface area is 143 Å². The van der Waals surface area contributed by atoms with Crippen molar-refractivity contribution >= 4 is 5.91 Å². The summed E-state index contributed by atoms with van der Waals surface area (Å²) in [5.41, 5.74) is 1.12. The summed E-state index contributed by atoms with van der Waals surface area (Å²) in [5.74, 6) is 0.00115. The van der Waals surface area contributed by atoms with Crippen molar-refractivity contribution in [3.05, 3.63) is 35.4 Å². The first-order valence-electron chi connectivity index (χ1n) is 8.89. The molecule has 0 aliphatic carbocycles. The Morgan fingerprint density at radius 2 is 2.04 bits per heavy atom. The van der Waals surface area contributed by atoms with E-state index in [4.69, 9.17) is 10.00 Å². The van der Waals surface area contributed by atoms with Crippen molar-refractivity contribution in [3.63, 3.8) is 0 Å². The van der Waals surface area contributed by atoms with Crippen molar-refractivity contribution in [1.82, 2.24) is 9.80 Å². The number of hydrogen-bond acceptors (Lipinski definition) is 4. The van der Waals surface area contributed by atoms with Crippen LogP contribution in [0.5, 0.6) is 0 Å². The van der Waals surface area contributed by atoms with Crippen LogP contribution in [0.1, 0.15) is 41.6 Å². The number of nitriles is 1. The normalized spacial score (nSPS) is 22.6. The average Bonchev–Trinajstić information content (AvgIpc) is 2.87. The van der Waals surface area contributed by atoms with Gasteiger partial charge in [0.15, 0.2) is 0 Å². The Morgan fingerprint density at radius 3 is 2.83 bits per heavy atom. The third-order valence-electron chi connectivity index (χ3n) is 4.79.